The van der Waals surface area contributed by atoms with Crippen LogP contribution in [0.4, 0.5) is 10.2 Å². The highest BCUT2D eigenvalue weighted by molar-refractivity contribution is 5.82. The minimum absolute atomic E-state index is 0.164. The van der Waals surface area contributed by atoms with Gasteiger partial charge in [-0.05, 0) is 30.5 Å². The van der Waals surface area contributed by atoms with E-state index < -0.39 is 6.08 Å². The third-order valence-electron chi connectivity index (χ3n) is 3.98. The first-order chi connectivity index (χ1) is 11.7. The molecule has 1 saturated heterocycles. The lowest BCUT2D eigenvalue weighted by atomic mass is 10.2. The number of nitrogens with zero attached hydrogens (tertiary/aromatic N) is 4. The van der Waals surface area contributed by atoms with Gasteiger partial charge in [0.25, 0.3) is 0 Å². The molecule has 7 nitrogen and oxygen atoms in total. The molecule has 124 valence electrons. The maximum atomic E-state index is 13.8. The number of nitrogens with one attached hydrogen (secondary N) is 1. The second-order valence-electron chi connectivity index (χ2n) is 5.66. The molecule has 0 radical (unpaired) electrons. The second kappa shape index (κ2) is 6.04. The van der Waals surface area contributed by atoms with Gasteiger partial charge in [0.15, 0.2) is 17.0 Å². The number of aromatic nitrogens is 4. The Labute approximate surface area is 137 Å². The van der Waals surface area contributed by atoms with Gasteiger partial charge in [-0.1, -0.05) is 12.1 Å². The third-order valence-corrected chi connectivity index (χ3v) is 3.98. The maximum absolute atomic E-state index is 13.8. The molecule has 0 saturated carbocycles. The Bertz CT molecular complexity index is 876. The van der Waals surface area contributed by atoms with E-state index in [1.54, 1.807) is 29.1 Å². The van der Waals surface area contributed by atoms with E-state index in [1.165, 1.54) is 0 Å². The molecule has 0 spiro atoms. The van der Waals surface area contributed by atoms with Crippen LogP contribution in [0, 0.1) is 6.08 Å². The molecule has 1 aromatic carbocycles. The van der Waals surface area contributed by atoms with Gasteiger partial charge in [0.05, 0.1) is 6.33 Å². The molecule has 8 heteroatoms. The standard InChI is InChI=1S/C16H16FN5O2/c17-16-20-14(18-8-10-3-1-4-11(23)7-10)13-15(21-16)22(9-19-13)12-5-2-6-24-12/h1,3-4,7,9,12,23H,2,5-6,8H2,(H,18,20,21). The van der Waals surface area contributed by atoms with E-state index in [2.05, 4.69) is 20.3 Å². The highest BCUT2D eigenvalue weighted by atomic mass is 19.1. The quantitative estimate of drug-likeness (QED) is 0.716. The van der Waals surface area contributed by atoms with Crippen LogP contribution in [0.5, 0.6) is 5.75 Å². The second-order valence-corrected chi connectivity index (χ2v) is 5.66. The maximum Gasteiger partial charge on any atom is 0.312 e. The van der Waals surface area contributed by atoms with Crippen molar-refractivity contribution in [3.8, 4) is 5.75 Å². The molecule has 0 bridgehead atoms. The summed E-state index contributed by atoms with van der Waals surface area (Å²) in [6, 6.07) is 6.82. The smallest absolute Gasteiger partial charge is 0.312 e. The van der Waals surface area contributed by atoms with Gasteiger partial charge in [0.1, 0.15) is 12.0 Å². The van der Waals surface area contributed by atoms with Crippen molar-refractivity contribution in [3.63, 3.8) is 0 Å². The molecule has 1 unspecified atom stereocenters. The summed E-state index contributed by atoms with van der Waals surface area (Å²) in [5.41, 5.74) is 1.75. The van der Waals surface area contributed by atoms with Gasteiger partial charge in [-0.15, -0.1) is 0 Å². The molecule has 3 aromatic rings. The summed E-state index contributed by atoms with van der Waals surface area (Å²) in [4.78, 5) is 12.0. The molecule has 0 amide bonds. The fourth-order valence-electron chi connectivity index (χ4n) is 2.86. The van der Waals surface area contributed by atoms with Crippen molar-refractivity contribution in [2.75, 3.05) is 11.9 Å². The van der Waals surface area contributed by atoms with Crippen LogP contribution in [0.25, 0.3) is 11.2 Å². The van der Waals surface area contributed by atoms with Crippen LogP contribution >= 0.6 is 0 Å². The van der Waals surface area contributed by atoms with Crippen molar-refractivity contribution in [2.45, 2.75) is 25.6 Å². The van der Waals surface area contributed by atoms with E-state index >= 15 is 0 Å². The number of halogens is 1. The van der Waals surface area contributed by atoms with E-state index in [4.69, 9.17) is 4.74 Å². The van der Waals surface area contributed by atoms with Gasteiger partial charge in [-0.3, -0.25) is 4.57 Å². The van der Waals surface area contributed by atoms with Crippen LogP contribution < -0.4 is 5.32 Å². The van der Waals surface area contributed by atoms with E-state index in [0.717, 1.165) is 18.4 Å². The van der Waals surface area contributed by atoms with Crippen LogP contribution in [0.15, 0.2) is 30.6 Å². The summed E-state index contributed by atoms with van der Waals surface area (Å²) in [6.45, 7) is 1.06. The van der Waals surface area contributed by atoms with Crippen molar-refractivity contribution in [3.05, 3.63) is 42.2 Å². The summed E-state index contributed by atoms with van der Waals surface area (Å²) in [7, 11) is 0. The van der Waals surface area contributed by atoms with E-state index in [9.17, 15) is 9.50 Å². The van der Waals surface area contributed by atoms with Crippen LogP contribution in [0.1, 0.15) is 24.6 Å². The van der Waals surface area contributed by atoms with Gasteiger partial charge >= 0.3 is 6.08 Å². The molecule has 0 aliphatic carbocycles. The topological polar surface area (TPSA) is 85.1 Å². The number of phenolic OH excluding ortho intramolecular Hbond substituents is 1. The highest BCUT2D eigenvalue weighted by Crippen LogP contribution is 2.28. The normalized spacial score (nSPS) is 17.5. The van der Waals surface area contributed by atoms with Crippen molar-refractivity contribution in [2.24, 2.45) is 0 Å². The zero-order valence-electron chi connectivity index (χ0n) is 12.8. The Morgan fingerprint density at radius 1 is 1.38 bits per heavy atom. The first-order valence-corrected chi connectivity index (χ1v) is 7.74. The summed E-state index contributed by atoms with van der Waals surface area (Å²) in [5, 5.41) is 12.6. The first-order valence-electron chi connectivity index (χ1n) is 7.74. The third kappa shape index (κ3) is 2.76. The Kier molecular flexibility index (Phi) is 3.73. The number of anilines is 1. The van der Waals surface area contributed by atoms with E-state index in [-0.39, 0.29) is 12.0 Å². The number of imidazole rings is 1. The summed E-state index contributed by atoms with van der Waals surface area (Å²) in [6.07, 6.45) is 2.43. The lowest BCUT2D eigenvalue weighted by Gasteiger charge is -2.12. The van der Waals surface area contributed by atoms with Gasteiger partial charge in [-0.2, -0.15) is 14.4 Å². The van der Waals surface area contributed by atoms with Crippen LogP contribution in [0.2, 0.25) is 0 Å². The molecule has 24 heavy (non-hydrogen) atoms. The number of benzene rings is 1. The molecule has 2 aromatic heterocycles. The zero-order valence-corrected chi connectivity index (χ0v) is 12.8. The molecule has 1 fully saturated rings. The van der Waals surface area contributed by atoms with Gasteiger partial charge in [-0.25, -0.2) is 4.98 Å². The zero-order chi connectivity index (χ0) is 16.5. The lowest BCUT2D eigenvalue weighted by Crippen LogP contribution is -2.09. The molecular weight excluding hydrogens is 313 g/mol. The SMILES string of the molecule is Oc1cccc(CNc2nc(F)nc3c2ncn3C2CCCO2)c1. The summed E-state index contributed by atoms with van der Waals surface area (Å²) < 4.78 is 21.2. The number of rotatable bonds is 4. The Hall–Kier alpha value is -2.74. The van der Waals surface area contributed by atoms with E-state index in [1.807, 2.05) is 6.07 Å². The number of hydrogen-bond donors (Lipinski definition) is 2. The largest absolute Gasteiger partial charge is 0.508 e. The first kappa shape index (κ1) is 14.8. The van der Waals surface area contributed by atoms with Crippen molar-refractivity contribution < 1.29 is 14.2 Å². The lowest BCUT2D eigenvalue weighted by molar-refractivity contribution is 0.0592. The van der Waals surface area contributed by atoms with Crippen LogP contribution in [-0.4, -0.2) is 31.2 Å². The number of fused-ring (bicyclic) bond motifs is 1. The number of hydrogen-bond acceptors (Lipinski definition) is 6. The van der Waals surface area contributed by atoms with Gasteiger partial charge in [0, 0.05) is 13.2 Å². The van der Waals surface area contributed by atoms with Gasteiger partial charge < -0.3 is 15.2 Å². The summed E-state index contributed by atoms with van der Waals surface area (Å²) >= 11 is 0. The van der Waals surface area contributed by atoms with Crippen molar-refractivity contribution >= 4 is 17.0 Å². The molecule has 1 aliphatic heterocycles. The average Bonchev–Trinajstić information content (AvgIpc) is 3.21. The number of phenols is 1. The molecule has 1 aliphatic rings. The Morgan fingerprint density at radius 3 is 3.08 bits per heavy atom. The summed E-state index contributed by atoms with van der Waals surface area (Å²) in [5.74, 6) is 0.494. The number of aromatic hydroxyl groups is 1. The molecule has 4 rings (SSSR count). The minimum atomic E-state index is -0.819. The Morgan fingerprint density at radius 2 is 2.29 bits per heavy atom. The minimum Gasteiger partial charge on any atom is -0.508 e. The highest BCUT2D eigenvalue weighted by Gasteiger charge is 2.22. The molecular formula is C16H16FN5O2. The van der Waals surface area contributed by atoms with Crippen LogP contribution in [-0.2, 0) is 11.3 Å². The average molecular weight is 329 g/mol. The molecule has 2 N–H and O–H groups in total. The van der Waals surface area contributed by atoms with Crippen molar-refractivity contribution in [1.29, 1.82) is 0 Å². The molecule has 3 heterocycles. The molecule has 1 atom stereocenters. The van der Waals surface area contributed by atoms with Crippen molar-refractivity contribution in [1.82, 2.24) is 19.5 Å². The Balaban J connectivity index is 1.65. The predicted octanol–water partition coefficient (Wildman–Crippen LogP) is 2.59. The van der Waals surface area contributed by atoms with Crippen LogP contribution in [0.3, 0.4) is 0 Å². The predicted molar refractivity (Wildman–Crippen MR) is 84.9 cm³/mol. The van der Waals surface area contributed by atoms with E-state index in [0.29, 0.717) is 30.1 Å². The monoisotopic (exact) mass is 329 g/mol. The fourth-order valence-corrected chi connectivity index (χ4v) is 2.86. The number of ether oxygens (including phenoxy) is 1. The van der Waals surface area contributed by atoms with Gasteiger partial charge in [0.2, 0.25) is 0 Å². The fraction of sp³-hybridized carbons (Fsp3) is 0.312.